The van der Waals surface area contributed by atoms with E-state index in [1.54, 1.807) is 0 Å². The highest BCUT2D eigenvalue weighted by Gasteiger charge is 2.33. The van der Waals surface area contributed by atoms with Crippen LogP contribution in [-0.4, -0.2) is 24.8 Å². The molecule has 1 unspecified atom stereocenters. The van der Waals surface area contributed by atoms with Crippen LogP contribution in [0.1, 0.15) is 12.8 Å². The summed E-state index contributed by atoms with van der Waals surface area (Å²) in [6, 6.07) is 1.59. The summed E-state index contributed by atoms with van der Waals surface area (Å²) < 4.78 is 4.96. The Bertz CT molecular complexity index is 171. The summed E-state index contributed by atoms with van der Waals surface area (Å²) in [7, 11) is 0. The van der Waals surface area contributed by atoms with Gasteiger partial charge < -0.3 is 16.2 Å². The molecule has 1 saturated heterocycles. The summed E-state index contributed by atoms with van der Waals surface area (Å²) in [4.78, 5) is 0. The summed E-state index contributed by atoms with van der Waals surface area (Å²) in [5.74, 6) is 0. The van der Waals surface area contributed by atoms with Gasteiger partial charge in [-0.25, -0.2) is 0 Å². The first-order chi connectivity index (χ1) is 5.16. The monoisotopic (exact) mass is 155 g/mol. The highest BCUT2D eigenvalue weighted by Crippen LogP contribution is 2.19. The number of hydrogen-bond acceptors (Lipinski definition) is 4. The molecule has 0 radical (unpaired) electrons. The number of rotatable bonds is 3. The molecular weight excluding hydrogens is 142 g/mol. The molecule has 4 nitrogen and oxygen atoms in total. The molecule has 1 aliphatic heterocycles. The Hall–Kier alpha value is -0.630. The molecule has 1 fully saturated rings. The molecule has 1 rings (SSSR count). The maximum absolute atomic E-state index is 8.38. The van der Waals surface area contributed by atoms with Crippen molar-refractivity contribution in [1.29, 1.82) is 5.26 Å². The topological polar surface area (TPSA) is 85.1 Å². The normalized spacial score (nSPS) is 23.4. The molecule has 0 aromatic rings. The molecular formula is C7H13N3O. The van der Waals surface area contributed by atoms with Crippen LogP contribution in [-0.2, 0) is 4.74 Å². The van der Waals surface area contributed by atoms with Gasteiger partial charge in [0.15, 0.2) is 0 Å². The molecule has 0 aromatic carbocycles. The number of nitrogens with two attached hydrogens (primary N) is 2. The third-order valence-corrected chi connectivity index (χ3v) is 1.90. The van der Waals surface area contributed by atoms with Crippen molar-refractivity contribution in [2.75, 3.05) is 13.2 Å². The van der Waals surface area contributed by atoms with Crippen molar-refractivity contribution in [2.45, 2.75) is 24.4 Å². The van der Waals surface area contributed by atoms with E-state index >= 15 is 0 Å². The van der Waals surface area contributed by atoms with Crippen LogP contribution in [0.4, 0.5) is 0 Å². The van der Waals surface area contributed by atoms with Crippen LogP contribution in [0.2, 0.25) is 0 Å². The zero-order valence-corrected chi connectivity index (χ0v) is 6.42. The van der Waals surface area contributed by atoms with E-state index in [4.69, 9.17) is 21.5 Å². The van der Waals surface area contributed by atoms with Gasteiger partial charge in [-0.15, -0.1) is 0 Å². The number of nitrogens with zero attached hydrogens (tertiary/aromatic N) is 1. The average Bonchev–Trinajstić information content (AvgIpc) is 1.96. The van der Waals surface area contributed by atoms with Crippen LogP contribution in [0, 0.1) is 11.3 Å². The molecule has 1 heterocycles. The van der Waals surface area contributed by atoms with E-state index in [0.717, 1.165) is 6.42 Å². The number of hydrogen-bond donors (Lipinski definition) is 2. The van der Waals surface area contributed by atoms with Gasteiger partial charge in [-0.3, -0.25) is 0 Å². The lowest BCUT2D eigenvalue weighted by Crippen LogP contribution is -2.57. The van der Waals surface area contributed by atoms with E-state index < -0.39 is 0 Å². The van der Waals surface area contributed by atoms with Crippen LogP contribution >= 0.6 is 0 Å². The Morgan fingerprint density at radius 1 is 1.64 bits per heavy atom. The van der Waals surface area contributed by atoms with Gasteiger partial charge >= 0.3 is 0 Å². The van der Waals surface area contributed by atoms with Crippen LogP contribution in [0.3, 0.4) is 0 Å². The molecule has 0 saturated carbocycles. The Kier molecular flexibility index (Phi) is 2.45. The van der Waals surface area contributed by atoms with E-state index in [-0.39, 0.29) is 11.6 Å². The van der Waals surface area contributed by atoms with E-state index in [0.29, 0.717) is 19.6 Å². The third-order valence-electron chi connectivity index (χ3n) is 1.90. The zero-order valence-electron chi connectivity index (χ0n) is 6.42. The van der Waals surface area contributed by atoms with Crippen molar-refractivity contribution in [3.8, 4) is 6.07 Å². The molecule has 0 amide bonds. The fourth-order valence-electron chi connectivity index (χ4n) is 1.02. The highest BCUT2D eigenvalue weighted by molar-refractivity contribution is 4.95. The van der Waals surface area contributed by atoms with Crippen molar-refractivity contribution in [2.24, 2.45) is 11.5 Å². The van der Waals surface area contributed by atoms with Gasteiger partial charge in [-0.2, -0.15) is 5.26 Å². The van der Waals surface area contributed by atoms with Gasteiger partial charge in [-0.1, -0.05) is 0 Å². The van der Waals surface area contributed by atoms with Crippen molar-refractivity contribution in [3.05, 3.63) is 0 Å². The number of ether oxygens (including phenoxy) is 1. The lowest BCUT2D eigenvalue weighted by atomic mass is 9.91. The first-order valence-corrected chi connectivity index (χ1v) is 3.68. The minimum absolute atomic E-state index is 0.200. The standard InChI is InChI=1S/C7H13N3O/c8-3-6(9)1-2-7(10)4-11-5-7/h6H,1-2,4-5,9-10H2. The fourth-order valence-corrected chi connectivity index (χ4v) is 1.02. The van der Waals surface area contributed by atoms with E-state index in [1.807, 2.05) is 6.07 Å². The van der Waals surface area contributed by atoms with Crippen LogP contribution in [0.5, 0.6) is 0 Å². The molecule has 11 heavy (non-hydrogen) atoms. The highest BCUT2D eigenvalue weighted by atomic mass is 16.5. The van der Waals surface area contributed by atoms with Gasteiger partial charge in [0.25, 0.3) is 0 Å². The molecule has 0 bridgehead atoms. The van der Waals surface area contributed by atoms with Gasteiger partial charge in [0.1, 0.15) is 0 Å². The molecule has 0 aliphatic carbocycles. The molecule has 0 aromatic heterocycles. The number of nitriles is 1. The molecule has 1 atom stereocenters. The maximum Gasteiger partial charge on any atom is 0.0928 e. The van der Waals surface area contributed by atoms with Crippen LogP contribution < -0.4 is 11.5 Å². The maximum atomic E-state index is 8.38. The van der Waals surface area contributed by atoms with E-state index in [9.17, 15) is 0 Å². The summed E-state index contributed by atoms with van der Waals surface area (Å²) in [6.45, 7) is 1.20. The van der Waals surface area contributed by atoms with Gasteiger partial charge in [0.2, 0.25) is 0 Å². The van der Waals surface area contributed by atoms with Crippen molar-refractivity contribution < 1.29 is 4.74 Å². The predicted molar refractivity (Wildman–Crippen MR) is 40.6 cm³/mol. The van der Waals surface area contributed by atoms with E-state index in [2.05, 4.69) is 0 Å². The Morgan fingerprint density at radius 3 is 2.64 bits per heavy atom. The Labute approximate surface area is 66.1 Å². The lowest BCUT2D eigenvalue weighted by Gasteiger charge is -2.38. The summed E-state index contributed by atoms with van der Waals surface area (Å²) in [5, 5.41) is 8.38. The molecule has 4 heteroatoms. The first-order valence-electron chi connectivity index (χ1n) is 3.68. The second-order valence-corrected chi connectivity index (χ2v) is 3.13. The van der Waals surface area contributed by atoms with Crippen molar-refractivity contribution in [3.63, 3.8) is 0 Å². The minimum atomic E-state index is -0.379. The van der Waals surface area contributed by atoms with Crippen molar-refractivity contribution >= 4 is 0 Å². The van der Waals surface area contributed by atoms with Crippen LogP contribution in [0.25, 0.3) is 0 Å². The average molecular weight is 155 g/mol. The van der Waals surface area contributed by atoms with Crippen molar-refractivity contribution in [1.82, 2.24) is 0 Å². The second-order valence-electron chi connectivity index (χ2n) is 3.13. The molecule has 1 aliphatic rings. The van der Waals surface area contributed by atoms with Gasteiger partial charge in [0, 0.05) is 0 Å². The minimum Gasteiger partial charge on any atom is -0.377 e. The lowest BCUT2D eigenvalue weighted by molar-refractivity contribution is -0.0582. The van der Waals surface area contributed by atoms with Crippen LogP contribution in [0.15, 0.2) is 0 Å². The quantitative estimate of drug-likeness (QED) is 0.567. The second kappa shape index (κ2) is 3.18. The third kappa shape index (κ3) is 2.15. The summed E-state index contributed by atoms with van der Waals surface area (Å²) in [5.41, 5.74) is 11.0. The smallest absolute Gasteiger partial charge is 0.0928 e. The summed E-state index contributed by atoms with van der Waals surface area (Å²) in [6.07, 6.45) is 1.44. The zero-order chi connectivity index (χ0) is 8.32. The summed E-state index contributed by atoms with van der Waals surface area (Å²) >= 11 is 0. The first kappa shape index (κ1) is 8.47. The predicted octanol–water partition coefficient (Wildman–Crippen LogP) is -0.655. The Morgan fingerprint density at radius 2 is 2.27 bits per heavy atom. The molecule has 62 valence electrons. The van der Waals surface area contributed by atoms with Gasteiger partial charge in [-0.05, 0) is 12.8 Å². The SMILES string of the molecule is N#CC(N)CCC1(N)COC1. The van der Waals surface area contributed by atoms with E-state index in [1.165, 1.54) is 0 Å². The molecule has 0 spiro atoms. The molecule has 4 N–H and O–H groups in total. The largest absolute Gasteiger partial charge is 0.377 e. The Balaban J connectivity index is 2.17. The van der Waals surface area contributed by atoms with Gasteiger partial charge in [0.05, 0.1) is 30.9 Å². The fraction of sp³-hybridized carbons (Fsp3) is 0.857.